The van der Waals surface area contributed by atoms with E-state index in [2.05, 4.69) is 5.16 Å². The Bertz CT molecular complexity index is 229. The molecule has 2 atom stereocenters. The Morgan fingerprint density at radius 1 is 1.92 bits per heavy atom. The number of rotatable bonds is 3. The number of hydrogen-bond donors (Lipinski definition) is 0. The molecule has 74 valence electrons. The van der Waals surface area contributed by atoms with E-state index in [0.717, 1.165) is 5.71 Å². The summed E-state index contributed by atoms with van der Waals surface area (Å²) in [5.41, 5.74) is 0.927. The summed E-state index contributed by atoms with van der Waals surface area (Å²) in [7, 11) is 0. The van der Waals surface area contributed by atoms with Gasteiger partial charge in [0.25, 0.3) is 0 Å². The van der Waals surface area contributed by atoms with Crippen LogP contribution in [-0.2, 0) is 14.4 Å². The van der Waals surface area contributed by atoms with Gasteiger partial charge in [0.2, 0.25) is 0 Å². The SMILES string of the molecule is CCOC(=O)[C@@H](I)[C@@H]1CC(C)=NO1. The molecule has 0 N–H and O–H groups in total. The van der Waals surface area contributed by atoms with Crippen LogP contribution in [0.15, 0.2) is 5.16 Å². The molecule has 4 nitrogen and oxygen atoms in total. The van der Waals surface area contributed by atoms with Crippen LogP contribution in [0.25, 0.3) is 0 Å². The lowest BCUT2D eigenvalue weighted by atomic mass is 10.1. The molecule has 1 rings (SSSR count). The largest absolute Gasteiger partial charge is 0.465 e. The molecule has 0 aliphatic carbocycles. The van der Waals surface area contributed by atoms with E-state index in [1.165, 1.54) is 0 Å². The summed E-state index contributed by atoms with van der Waals surface area (Å²) in [6.45, 7) is 4.08. The minimum absolute atomic E-state index is 0.153. The second-order valence-electron chi connectivity index (χ2n) is 2.83. The van der Waals surface area contributed by atoms with Crippen molar-refractivity contribution in [2.45, 2.75) is 30.3 Å². The zero-order valence-corrected chi connectivity index (χ0v) is 9.78. The second kappa shape index (κ2) is 4.78. The minimum atomic E-state index is -0.265. The number of ether oxygens (including phenoxy) is 1. The van der Waals surface area contributed by atoms with E-state index in [9.17, 15) is 4.79 Å². The Morgan fingerprint density at radius 3 is 3.08 bits per heavy atom. The highest BCUT2D eigenvalue weighted by Crippen LogP contribution is 2.20. The molecule has 1 aliphatic heterocycles. The highest BCUT2D eigenvalue weighted by Gasteiger charge is 2.32. The second-order valence-corrected chi connectivity index (χ2v) is 4.17. The van der Waals surface area contributed by atoms with Crippen molar-refractivity contribution in [3.05, 3.63) is 0 Å². The molecule has 0 bridgehead atoms. The van der Waals surface area contributed by atoms with E-state index in [0.29, 0.717) is 13.0 Å². The number of carbonyl (C=O) groups is 1. The summed E-state index contributed by atoms with van der Waals surface area (Å²) in [6, 6.07) is 0. The molecule has 0 saturated carbocycles. The number of oxime groups is 1. The van der Waals surface area contributed by atoms with Gasteiger partial charge in [0.05, 0.1) is 12.3 Å². The molecule has 0 aromatic heterocycles. The van der Waals surface area contributed by atoms with E-state index in [4.69, 9.17) is 9.57 Å². The molecule has 0 fully saturated rings. The van der Waals surface area contributed by atoms with Crippen LogP contribution in [0.3, 0.4) is 0 Å². The Labute approximate surface area is 90.8 Å². The molecule has 0 aromatic carbocycles. The maximum absolute atomic E-state index is 11.3. The molecule has 0 spiro atoms. The summed E-state index contributed by atoms with van der Waals surface area (Å²) >= 11 is 2.03. The summed E-state index contributed by atoms with van der Waals surface area (Å²) in [4.78, 5) is 16.4. The Hall–Kier alpha value is -0.330. The summed E-state index contributed by atoms with van der Waals surface area (Å²) in [5.74, 6) is -0.224. The lowest BCUT2D eigenvalue weighted by molar-refractivity contribution is -0.144. The minimum Gasteiger partial charge on any atom is -0.465 e. The molecule has 0 radical (unpaired) electrons. The molecular weight excluding hydrogens is 285 g/mol. The van der Waals surface area contributed by atoms with E-state index < -0.39 is 0 Å². The van der Waals surface area contributed by atoms with Crippen LogP contribution in [0.2, 0.25) is 0 Å². The van der Waals surface area contributed by atoms with Gasteiger partial charge in [0.15, 0.2) is 6.10 Å². The number of carbonyl (C=O) groups excluding carboxylic acids is 1. The van der Waals surface area contributed by atoms with Crippen molar-refractivity contribution in [1.82, 2.24) is 0 Å². The highest BCUT2D eigenvalue weighted by molar-refractivity contribution is 14.1. The predicted octanol–water partition coefficient (Wildman–Crippen LogP) is 1.52. The van der Waals surface area contributed by atoms with Crippen LogP contribution in [-0.4, -0.2) is 28.3 Å². The quantitative estimate of drug-likeness (QED) is 0.451. The fourth-order valence-corrected chi connectivity index (χ4v) is 1.62. The van der Waals surface area contributed by atoms with Crippen molar-refractivity contribution in [2.24, 2.45) is 5.16 Å². The standard InChI is InChI=1S/C8H12INO3/c1-3-12-8(11)7(9)6-4-5(2)10-13-6/h6-7H,3-4H2,1-2H3/t6-,7-/m0/s1. The monoisotopic (exact) mass is 297 g/mol. The third-order valence-electron chi connectivity index (χ3n) is 1.68. The van der Waals surface area contributed by atoms with Gasteiger partial charge in [-0.3, -0.25) is 4.79 Å². The number of hydrogen-bond acceptors (Lipinski definition) is 4. The average molecular weight is 297 g/mol. The number of alkyl halides is 1. The first-order valence-corrected chi connectivity index (χ1v) is 5.39. The first-order chi connectivity index (χ1) is 6.15. The van der Waals surface area contributed by atoms with Gasteiger partial charge >= 0.3 is 5.97 Å². The number of halogens is 1. The lowest BCUT2D eigenvalue weighted by Gasteiger charge is -2.13. The van der Waals surface area contributed by atoms with Gasteiger partial charge in [-0.05, 0) is 13.8 Å². The third-order valence-corrected chi connectivity index (χ3v) is 2.99. The Balaban J connectivity index is 2.40. The van der Waals surface area contributed by atoms with Gasteiger partial charge in [0, 0.05) is 6.42 Å². The van der Waals surface area contributed by atoms with Crippen LogP contribution >= 0.6 is 22.6 Å². The smallest absolute Gasteiger partial charge is 0.322 e. The van der Waals surface area contributed by atoms with Crippen molar-refractivity contribution >= 4 is 34.3 Å². The van der Waals surface area contributed by atoms with Crippen molar-refractivity contribution in [3.8, 4) is 0 Å². The first-order valence-electron chi connectivity index (χ1n) is 4.15. The van der Waals surface area contributed by atoms with Gasteiger partial charge in [-0.2, -0.15) is 0 Å². The summed E-state index contributed by atoms with van der Waals surface area (Å²) < 4.78 is 4.61. The van der Waals surface area contributed by atoms with Crippen molar-refractivity contribution < 1.29 is 14.4 Å². The predicted molar refractivity (Wildman–Crippen MR) is 57.0 cm³/mol. The molecular formula is C8H12INO3. The molecule has 13 heavy (non-hydrogen) atoms. The van der Waals surface area contributed by atoms with Crippen LogP contribution in [0.5, 0.6) is 0 Å². The van der Waals surface area contributed by atoms with Crippen molar-refractivity contribution in [3.63, 3.8) is 0 Å². The van der Waals surface area contributed by atoms with E-state index in [1.807, 2.05) is 29.5 Å². The molecule has 1 heterocycles. The molecule has 1 aliphatic rings. The van der Waals surface area contributed by atoms with Gasteiger partial charge < -0.3 is 9.57 Å². The Kier molecular flexibility index (Phi) is 3.95. The molecule has 0 unspecified atom stereocenters. The molecule has 0 saturated heterocycles. The van der Waals surface area contributed by atoms with Crippen LogP contribution in [0.4, 0.5) is 0 Å². The van der Waals surface area contributed by atoms with Gasteiger partial charge in [-0.25, -0.2) is 0 Å². The fraction of sp³-hybridized carbons (Fsp3) is 0.750. The molecule has 0 aromatic rings. The van der Waals surface area contributed by atoms with Gasteiger partial charge in [-0.1, -0.05) is 27.7 Å². The van der Waals surface area contributed by atoms with E-state index in [1.54, 1.807) is 6.92 Å². The average Bonchev–Trinajstić information content (AvgIpc) is 2.51. The van der Waals surface area contributed by atoms with Crippen molar-refractivity contribution in [2.75, 3.05) is 6.61 Å². The molecule has 5 heteroatoms. The Morgan fingerprint density at radius 2 is 2.62 bits per heavy atom. The van der Waals surface area contributed by atoms with Crippen LogP contribution in [0, 0.1) is 0 Å². The van der Waals surface area contributed by atoms with E-state index >= 15 is 0 Å². The maximum atomic E-state index is 11.3. The molecule has 0 amide bonds. The highest BCUT2D eigenvalue weighted by atomic mass is 127. The van der Waals surface area contributed by atoms with Gasteiger partial charge in [-0.15, -0.1) is 0 Å². The maximum Gasteiger partial charge on any atom is 0.322 e. The number of nitrogens with zero attached hydrogens (tertiary/aromatic N) is 1. The first kappa shape index (κ1) is 10.7. The zero-order chi connectivity index (χ0) is 9.84. The lowest BCUT2D eigenvalue weighted by Crippen LogP contribution is -2.30. The van der Waals surface area contributed by atoms with Gasteiger partial charge in [0.1, 0.15) is 3.92 Å². The van der Waals surface area contributed by atoms with Crippen LogP contribution < -0.4 is 0 Å². The number of esters is 1. The summed E-state index contributed by atoms with van der Waals surface area (Å²) in [5, 5.41) is 3.79. The van der Waals surface area contributed by atoms with Crippen LogP contribution in [0.1, 0.15) is 20.3 Å². The fourth-order valence-electron chi connectivity index (χ4n) is 1.05. The third kappa shape index (κ3) is 2.82. The van der Waals surface area contributed by atoms with Crippen molar-refractivity contribution in [1.29, 1.82) is 0 Å². The van der Waals surface area contributed by atoms with E-state index in [-0.39, 0.29) is 16.0 Å². The summed E-state index contributed by atoms with van der Waals surface area (Å²) in [6.07, 6.45) is 0.562. The topological polar surface area (TPSA) is 47.9 Å². The normalized spacial score (nSPS) is 23.3. The zero-order valence-electron chi connectivity index (χ0n) is 7.62.